The summed E-state index contributed by atoms with van der Waals surface area (Å²) in [6.45, 7) is 4.06. The van der Waals surface area contributed by atoms with E-state index in [4.69, 9.17) is 10.7 Å². The lowest BCUT2D eigenvalue weighted by Crippen LogP contribution is -2.05. The largest absolute Gasteiger partial charge is 0.366 e. The van der Waals surface area contributed by atoms with E-state index in [1.54, 1.807) is 6.08 Å². The second kappa shape index (κ2) is 5.48. The molecule has 3 rings (SSSR count). The Labute approximate surface area is 128 Å². The maximum Gasteiger partial charge on any atom is 0.241 e. The van der Waals surface area contributed by atoms with Crippen LogP contribution in [0.3, 0.4) is 0 Å². The maximum absolute atomic E-state index is 11.1. The lowest BCUT2D eigenvalue weighted by atomic mass is 10.1. The number of aryl methyl sites for hydroxylation is 2. The molecule has 2 N–H and O–H groups in total. The van der Waals surface area contributed by atoms with E-state index in [2.05, 4.69) is 0 Å². The van der Waals surface area contributed by atoms with E-state index in [-0.39, 0.29) is 0 Å². The third-order valence-electron chi connectivity index (χ3n) is 3.61. The number of pyridine rings is 1. The van der Waals surface area contributed by atoms with Gasteiger partial charge >= 0.3 is 0 Å². The first kappa shape index (κ1) is 14.1. The van der Waals surface area contributed by atoms with Gasteiger partial charge < -0.3 is 5.73 Å². The molecule has 0 unspecified atom stereocenters. The van der Waals surface area contributed by atoms with E-state index in [1.807, 2.05) is 60.8 Å². The van der Waals surface area contributed by atoms with Gasteiger partial charge in [-0.2, -0.15) is 0 Å². The SMILES string of the molecule is Cc1ccc(-c2nc3c(C)cccn3c2/C=C/C(N)=O)cc1. The normalized spacial score (nSPS) is 11.4. The first-order chi connectivity index (χ1) is 10.6. The molecule has 0 radical (unpaired) electrons. The van der Waals surface area contributed by atoms with Gasteiger partial charge in [0.15, 0.2) is 0 Å². The molecule has 0 aliphatic carbocycles. The first-order valence-corrected chi connectivity index (χ1v) is 7.08. The molecule has 0 aliphatic rings. The highest BCUT2D eigenvalue weighted by Crippen LogP contribution is 2.27. The monoisotopic (exact) mass is 291 g/mol. The van der Waals surface area contributed by atoms with Gasteiger partial charge in [0.25, 0.3) is 0 Å². The Bertz CT molecular complexity index is 873. The molecule has 110 valence electrons. The predicted octanol–water partition coefficient (Wildman–Crippen LogP) is 3.12. The molecule has 0 spiro atoms. The van der Waals surface area contributed by atoms with Crippen molar-refractivity contribution in [3.8, 4) is 11.3 Å². The van der Waals surface area contributed by atoms with Crippen molar-refractivity contribution in [1.29, 1.82) is 0 Å². The fourth-order valence-electron chi connectivity index (χ4n) is 2.47. The van der Waals surface area contributed by atoms with Crippen molar-refractivity contribution in [2.75, 3.05) is 0 Å². The number of carbonyl (C=O) groups excluding carboxylic acids is 1. The molecular formula is C18H17N3O. The van der Waals surface area contributed by atoms with Gasteiger partial charge in [-0.15, -0.1) is 0 Å². The van der Waals surface area contributed by atoms with E-state index < -0.39 is 5.91 Å². The van der Waals surface area contributed by atoms with Gasteiger partial charge in [0.2, 0.25) is 5.91 Å². The average Bonchev–Trinajstić information content (AvgIpc) is 2.86. The van der Waals surface area contributed by atoms with E-state index in [1.165, 1.54) is 11.6 Å². The fourth-order valence-corrected chi connectivity index (χ4v) is 2.47. The van der Waals surface area contributed by atoms with Crippen LogP contribution in [0, 0.1) is 13.8 Å². The Kier molecular flexibility index (Phi) is 3.51. The maximum atomic E-state index is 11.1. The minimum atomic E-state index is -0.475. The number of primary amides is 1. The van der Waals surface area contributed by atoms with E-state index in [0.29, 0.717) is 0 Å². The summed E-state index contributed by atoms with van der Waals surface area (Å²) in [6, 6.07) is 12.1. The summed E-state index contributed by atoms with van der Waals surface area (Å²) < 4.78 is 1.98. The predicted molar refractivity (Wildman–Crippen MR) is 88.3 cm³/mol. The number of hydrogen-bond donors (Lipinski definition) is 1. The van der Waals surface area contributed by atoms with Crippen LogP contribution in [0.5, 0.6) is 0 Å². The number of fused-ring (bicyclic) bond motifs is 1. The van der Waals surface area contributed by atoms with Gasteiger partial charge in [0, 0.05) is 17.8 Å². The van der Waals surface area contributed by atoms with Gasteiger partial charge in [0.05, 0.1) is 11.4 Å². The van der Waals surface area contributed by atoms with Crippen LogP contribution in [0.1, 0.15) is 16.8 Å². The van der Waals surface area contributed by atoms with Crippen LogP contribution in [0.25, 0.3) is 23.0 Å². The van der Waals surface area contributed by atoms with Crippen LogP contribution in [0.2, 0.25) is 0 Å². The number of hydrogen-bond acceptors (Lipinski definition) is 2. The molecule has 4 nitrogen and oxygen atoms in total. The molecule has 2 aromatic heterocycles. The van der Waals surface area contributed by atoms with Crippen molar-refractivity contribution in [1.82, 2.24) is 9.38 Å². The summed E-state index contributed by atoms with van der Waals surface area (Å²) in [5, 5.41) is 0. The molecule has 1 aromatic carbocycles. The lowest BCUT2D eigenvalue weighted by Gasteiger charge is -2.01. The molecule has 0 saturated carbocycles. The van der Waals surface area contributed by atoms with Crippen molar-refractivity contribution < 1.29 is 4.79 Å². The number of nitrogens with zero attached hydrogens (tertiary/aromatic N) is 2. The average molecular weight is 291 g/mol. The van der Waals surface area contributed by atoms with Crippen molar-refractivity contribution in [2.24, 2.45) is 5.73 Å². The van der Waals surface area contributed by atoms with Gasteiger partial charge in [-0.1, -0.05) is 35.9 Å². The summed E-state index contributed by atoms with van der Waals surface area (Å²) in [4.78, 5) is 15.8. The minimum Gasteiger partial charge on any atom is -0.366 e. The van der Waals surface area contributed by atoms with Crippen molar-refractivity contribution in [2.45, 2.75) is 13.8 Å². The van der Waals surface area contributed by atoms with Crippen molar-refractivity contribution >= 4 is 17.6 Å². The van der Waals surface area contributed by atoms with Gasteiger partial charge in [-0.05, 0) is 31.6 Å². The molecule has 0 atom stereocenters. The van der Waals surface area contributed by atoms with Crippen LogP contribution >= 0.6 is 0 Å². The highest BCUT2D eigenvalue weighted by Gasteiger charge is 2.13. The lowest BCUT2D eigenvalue weighted by molar-refractivity contribution is -0.113. The smallest absolute Gasteiger partial charge is 0.241 e. The topological polar surface area (TPSA) is 60.4 Å². The Morgan fingerprint density at radius 1 is 1.18 bits per heavy atom. The molecule has 4 heteroatoms. The fraction of sp³-hybridized carbons (Fsp3) is 0.111. The highest BCUT2D eigenvalue weighted by atomic mass is 16.1. The Hall–Kier alpha value is -2.88. The van der Waals surface area contributed by atoms with Crippen LogP contribution in [0.4, 0.5) is 0 Å². The number of amides is 1. The van der Waals surface area contributed by atoms with Gasteiger partial charge in [0.1, 0.15) is 5.65 Å². The van der Waals surface area contributed by atoms with Gasteiger partial charge in [-0.3, -0.25) is 9.20 Å². The molecule has 0 saturated heterocycles. The molecular weight excluding hydrogens is 274 g/mol. The number of nitrogens with two attached hydrogens (primary N) is 1. The van der Waals surface area contributed by atoms with Crippen LogP contribution in [0.15, 0.2) is 48.7 Å². The highest BCUT2D eigenvalue weighted by molar-refractivity contribution is 5.91. The number of aromatic nitrogens is 2. The summed E-state index contributed by atoms with van der Waals surface area (Å²) >= 11 is 0. The second-order valence-electron chi connectivity index (χ2n) is 5.33. The zero-order chi connectivity index (χ0) is 15.7. The van der Waals surface area contributed by atoms with E-state index in [0.717, 1.165) is 28.2 Å². The Balaban J connectivity index is 2.28. The molecule has 3 aromatic rings. The van der Waals surface area contributed by atoms with E-state index in [9.17, 15) is 4.79 Å². The van der Waals surface area contributed by atoms with Crippen LogP contribution in [-0.2, 0) is 4.79 Å². The van der Waals surface area contributed by atoms with Gasteiger partial charge in [-0.25, -0.2) is 4.98 Å². The molecule has 0 fully saturated rings. The molecule has 0 aliphatic heterocycles. The Morgan fingerprint density at radius 2 is 1.91 bits per heavy atom. The summed E-state index contributed by atoms with van der Waals surface area (Å²) in [5.74, 6) is -0.475. The van der Waals surface area contributed by atoms with E-state index >= 15 is 0 Å². The van der Waals surface area contributed by atoms with Crippen molar-refractivity contribution in [3.05, 3.63) is 65.5 Å². The zero-order valence-electron chi connectivity index (χ0n) is 12.6. The Morgan fingerprint density at radius 3 is 2.59 bits per heavy atom. The third-order valence-corrected chi connectivity index (χ3v) is 3.61. The summed E-state index contributed by atoms with van der Waals surface area (Å²) in [5.41, 5.74) is 11.1. The molecule has 0 bridgehead atoms. The summed E-state index contributed by atoms with van der Waals surface area (Å²) in [7, 11) is 0. The number of benzene rings is 1. The molecule has 1 amide bonds. The number of carbonyl (C=O) groups is 1. The van der Waals surface area contributed by atoms with Crippen LogP contribution in [-0.4, -0.2) is 15.3 Å². The number of rotatable bonds is 3. The van der Waals surface area contributed by atoms with Crippen LogP contribution < -0.4 is 5.73 Å². The second-order valence-corrected chi connectivity index (χ2v) is 5.33. The summed E-state index contributed by atoms with van der Waals surface area (Å²) in [6.07, 6.45) is 5.02. The standard InChI is InChI=1S/C18H17N3O/c1-12-5-7-14(8-6-12)17-15(9-10-16(19)22)21-11-3-4-13(2)18(21)20-17/h3-11H,1-2H3,(H2,19,22)/b10-9+. The zero-order valence-corrected chi connectivity index (χ0v) is 12.6. The van der Waals surface area contributed by atoms with Crippen molar-refractivity contribution in [3.63, 3.8) is 0 Å². The molecule has 2 heterocycles. The third kappa shape index (κ3) is 2.51. The number of imidazole rings is 1. The molecule has 22 heavy (non-hydrogen) atoms. The first-order valence-electron chi connectivity index (χ1n) is 7.08. The quantitative estimate of drug-likeness (QED) is 0.754. The minimum absolute atomic E-state index is 0.475.